The van der Waals surface area contributed by atoms with Crippen LogP contribution in [0.1, 0.15) is 11.4 Å². The standard InChI is InChI=1S/C21H26N6O2/c1-15-8-10-16(11-9-15)29-13-12-27(2)14-19-24-20(22)26-21(25-19)23-17-6-4-5-7-18(17)28-3/h4-11H,12-14H2,1-3H3,(H3,22,23,24,25,26). The van der Waals surface area contributed by atoms with E-state index in [1.807, 2.05) is 55.6 Å². The molecule has 0 bridgehead atoms. The molecule has 3 N–H and O–H groups in total. The number of hydrogen-bond acceptors (Lipinski definition) is 8. The molecule has 1 aromatic heterocycles. The van der Waals surface area contributed by atoms with Gasteiger partial charge in [0.25, 0.3) is 0 Å². The van der Waals surface area contributed by atoms with Crippen molar-refractivity contribution >= 4 is 17.6 Å². The topological polar surface area (TPSA) is 98.4 Å². The number of anilines is 3. The first-order valence-corrected chi connectivity index (χ1v) is 9.32. The number of rotatable bonds is 9. The number of aromatic nitrogens is 3. The van der Waals surface area contributed by atoms with E-state index < -0.39 is 0 Å². The van der Waals surface area contributed by atoms with Crippen molar-refractivity contribution in [1.29, 1.82) is 0 Å². The molecule has 3 rings (SSSR count). The van der Waals surface area contributed by atoms with Crippen LogP contribution in [0.4, 0.5) is 17.6 Å². The van der Waals surface area contributed by atoms with Crippen LogP contribution in [-0.2, 0) is 6.54 Å². The van der Waals surface area contributed by atoms with Crippen LogP contribution in [0.2, 0.25) is 0 Å². The lowest BCUT2D eigenvalue weighted by molar-refractivity contribution is 0.230. The summed E-state index contributed by atoms with van der Waals surface area (Å²) in [5.41, 5.74) is 7.83. The number of ether oxygens (including phenoxy) is 2. The third-order valence-electron chi connectivity index (χ3n) is 4.23. The van der Waals surface area contributed by atoms with Crippen molar-refractivity contribution in [3.8, 4) is 11.5 Å². The first-order chi connectivity index (χ1) is 14.0. The lowest BCUT2D eigenvalue weighted by Crippen LogP contribution is -2.25. The molecular formula is C21H26N6O2. The lowest BCUT2D eigenvalue weighted by Gasteiger charge is -2.17. The number of methoxy groups -OCH3 is 1. The van der Waals surface area contributed by atoms with Crippen LogP contribution in [0, 0.1) is 6.92 Å². The highest BCUT2D eigenvalue weighted by molar-refractivity contribution is 5.62. The Balaban J connectivity index is 1.58. The maximum Gasteiger partial charge on any atom is 0.232 e. The van der Waals surface area contributed by atoms with Crippen LogP contribution >= 0.6 is 0 Å². The number of aryl methyl sites for hydroxylation is 1. The molecule has 0 aliphatic heterocycles. The van der Waals surface area contributed by atoms with Gasteiger partial charge in [0.15, 0.2) is 0 Å². The van der Waals surface area contributed by atoms with Gasteiger partial charge in [0.1, 0.15) is 23.9 Å². The summed E-state index contributed by atoms with van der Waals surface area (Å²) in [7, 11) is 3.59. The number of benzene rings is 2. The monoisotopic (exact) mass is 394 g/mol. The molecule has 1 heterocycles. The van der Waals surface area contributed by atoms with Gasteiger partial charge in [-0.3, -0.25) is 4.90 Å². The van der Waals surface area contributed by atoms with E-state index in [9.17, 15) is 0 Å². The van der Waals surface area contributed by atoms with E-state index >= 15 is 0 Å². The minimum atomic E-state index is 0.164. The Morgan fingerprint density at radius 2 is 1.79 bits per heavy atom. The zero-order chi connectivity index (χ0) is 20.6. The van der Waals surface area contributed by atoms with Crippen LogP contribution < -0.4 is 20.5 Å². The third-order valence-corrected chi connectivity index (χ3v) is 4.23. The number of nitrogens with two attached hydrogens (primary N) is 1. The predicted molar refractivity (Wildman–Crippen MR) is 114 cm³/mol. The van der Waals surface area contributed by atoms with E-state index in [1.165, 1.54) is 5.56 Å². The van der Waals surface area contributed by atoms with Crippen molar-refractivity contribution < 1.29 is 9.47 Å². The fourth-order valence-electron chi connectivity index (χ4n) is 2.71. The van der Waals surface area contributed by atoms with Crippen LogP contribution in [0.5, 0.6) is 11.5 Å². The van der Waals surface area contributed by atoms with Gasteiger partial charge < -0.3 is 20.5 Å². The van der Waals surface area contributed by atoms with Gasteiger partial charge in [-0.2, -0.15) is 15.0 Å². The second-order valence-electron chi connectivity index (χ2n) is 6.66. The van der Waals surface area contributed by atoms with E-state index in [1.54, 1.807) is 7.11 Å². The van der Waals surface area contributed by atoms with Gasteiger partial charge in [-0.05, 0) is 38.2 Å². The summed E-state index contributed by atoms with van der Waals surface area (Å²) in [6.45, 7) is 3.85. The molecule has 0 saturated carbocycles. The third kappa shape index (κ3) is 6.05. The molecule has 0 radical (unpaired) electrons. The lowest BCUT2D eigenvalue weighted by atomic mass is 10.2. The summed E-state index contributed by atoms with van der Waals surface area (Å²) >= 11 is 0. The van der Waals surface area contributed by atoms with Gasteiger partial charge in [0.2, 0.25) is 11.9 Å². The maximum absolute atomic E-state index is 5.87. The Morgan fingerprint density at radius 3 is 2.55 bits per heavy atom. The molecule has 0 aliphatic rings. The summed E-state index contributed by atoms with van der Waals surface area (Å²) in [4.78, 5) is 14.9. The molecule has 0 atom stereocenters. The molecular weight excluding hydrogens is 368 g/mol. The highest BCUT2D eigenvalue weighted by Gasteiger charge is 2.10. The summed E-state index contributed by atoms with van der Waals surface area (Å²) in [6, 6.07) is 15.5. The molecule has 0 aliphatic carbocycles. The molecule has 0 amide bonds. The van der Waals surface area contributed by atoms with Crippen molar-refractivity contribution in [3.05, 3.63) is 59.9 Å². The van der Waals surface area contributed by atoms with E-state index in [2.05, 4.69) is 32.1 Å². The second kappa shape index (κ2) is 9.70. The minimum Gasteiger partial charge on any atom is -0.495 e. The molecule has 29 heavy (non-hydrogen) atoms. The molecule has 152 valence electrons. The highest BCUT2D eigenvalue weighted by Crippen LogP contribution is 2.25. The zero-order valence-corrected chi connectivity index (χ0v) is 16.9. The minimum absolute atomic E-state index is 0.164. The van der Waals surface area contributed by atoms with Gasteiger partial charge in [-0.1, -0.05) is 29.8 Å². The molecule has 2 aromatic carbocycles. The average molecular weight is 394 g/mol. The van der Waals surface area contributed by atoms with Crippen molar-refractivity contribution in [2.75, 3.05) is 38.4 Å². The summed E-state index contributed by atoms with van der Waals surface area (Å²) in [5, 5.41) is 3.14. The molecule has 0 fully saturated rings. The number of nitrogens with one attached hydrogen (secondary N) is 1. The molecule has 3 aromatic rings. The Bertz CT molecular complexity index is 933. The van der Waals surface area contributed by atoms with Crippen molar-refractivity contribution in [3.63, 3.8) is 0 Å². The number of para-hydroxylation sites is 2. The molecule has 0 spiro atoms. The summed E-state index contributed by atoms with van der Waals surface area (Å²) in [6.07, 6.45) is 0. The molecule has 8 heteroatoms. The van der Waals surface area contributed by atoms with Crippen LogP contribution in [0.25, 0.3) is 0 Å². The largest absolute Gasteiger partial charge is 0.495 e. The van der Waals surface area contributed by atoms with E-state index in [0.717, 1.165) is 11.4 Å². The van der Waals surface area contributed by atoms with Gasteiger partial charge in [-0.15, -0.1) is 0 Å². The van der Waals surface area contributed by atoms with Gasteiger partial charge >= 0.3 is 0 Å². The number of nitrogens with zero attached hydrogens (tertiary/aromatic N) is 4. The normalized spacial score (nSPS) is 10.8. The second-order valence-corrected chi connectivity index (χ2v) is 6.66. The smallest absolute Gasteiger partial charge is 0.232 e. The van der Waals surface area contributed by atoms with Gasteiger partial charge in [-0.25, -0.2) is 0 Å². The molecule has 0 unspecified atom stereocenters. The SMILES string of the molecule is COc1ccccc1Nc1nc(N)nc(CN(C)CCOc2ccc(C)cc2)n1. The highest BCUT2D eigenvalue weighted by atomic mass is 16.5. The van der Waals surface area contributed by atoms with E-state index in [0.29, 0.717) is 37.2 Å². The molecule has 0 saturated heterocycles. The van der Waals surface area contributed by atoms with Crippen molar-refractivity contribution in [1.82, 2.24) is 19.9 Å². The van der Waals surface area contributed by atoms with Crippen molar-refractivity contribution in [2.45, 2.75) is 13.5 Å². The summed E-state index contributed by atoms with van der Waals surface area (Å²) in [5.74, 6) is 2.67. The van der Waals surface area contributed by atoms with Crippen LogP contribution in [0.15, 0.2) is 48.5 Å². The Hall–Kier alpha value is -3.39. The van der Waals surface area contributed by atoms with Crippen LogP contribution in [0.3, 0.4) is 0 Å². The van der Waals surface area contributed by atoms with E-state index in [4.69, 9.17) is 15.2 Å². The molecule has 8 nitrogen and oxygen atoms in total. The zero-order valence-electron chi connectivity index (χ0n) is 16.9. The number of hydrogen-bond donors (Lipinski definition) is 2. The fraction of sp³-hybridized carbons (Fsp3) is 0.286. The van der Waals surface area contributed by atoms with Gasteiger partial charge in [0.05, 0.1) is 19.3 Å². The predicted octanol–water partition coefficient (Wildman–Crippen LogP) is 3.03. The first-order valence-electron chi connectivity index (χ1n) is 9.32. The first kappa shape index (κ1) is 20.3. The Labute approximate surface area is 170 Å². The van der Waals surface area contributed by atoms with Crippen LogP contribution in [-0.4, -0.2) is 47.2 Å². The maximum atomic E-state index is 5.87. The van der Waals surface area contributed by atoms with Gasteiger partial charge in [0, 0.05) is 6.54 Å². The number of nitrogen functional groups attached to an aromatic ring is 1. The summed E-state index contributed by atoms with van der Waals surface area (Å²) < 4.78 is 11.1. The Morgan fingerprint density at radius 1 is 1.03 bits per heavy atom. The quantitative estimate of drug-likeness (QED) is 0.571. The average Bonchev–Trinajstić information content (AvgIpc) is 2.69. The Kier molecular flexibility index (Phi) is 6.80. The van der Waals surface area contributed by atoms with E-state index in [-0.39, 0.29) is 5.95 Å². The number of likely N-dealkylation sites (N-methyl/N-ethyl adjacent to an activating group) is 1. The fourth-order valence-corrected chi connectivity index (χ4v) is 2.71. The van der Waals surface area contributed by atoms with Crippen molar-refractivity contribution in [2.24, 2.45) is 0 Å².